The van der Waals surface area contributed by atoms with E-state index in [0.717, 1.165) is 16.6 Å². The average molecular weight is 319 g/mol. The Hall–Kier alpha value is -3.48. The van der Waals surface area contributed by atoms with Gasteiger partial charge in [-0.1, -0.05) is 0 Å². The van der Waals surface area contributed by atoms with Gasteiger partial charge >= 0.3 is 0 Å². The van der Waals surface area contributed by atoms with E-state index in [9.17, 15) is 4.79 Å². The summed E-state index contributed by atoms with van der Waals surface area (Å²) in [6.45, 7) is 0.272. The van der Waals surface area contributed by atoms with Gasteiger partial charge in [-0.2, -0.15) is 0 Å². The number of hydrogen-bond donors (Lipinski definition) is 2. The van der Waals surface area contributed by atoms with Crippen LogP contribution in [-0.4, -0.2) is 25.8 Å². The van der Waals surface area contributed by atoms with Crippen LogP contribution in [0.5, 0.6) is 0 Å². The molecule has 0 fully saturated rings. The van der Waals surface area contributed by atoms with Crippen molar-refractivity contribution in [1.29, 1.82) is 0 Å². The molecule has 0 saturated carbocycles. The molecule has 2 N–H and O–H groups in total. The zero-order valence-electron chi connectivity index (χ0n) is 12.6. The largest absolute Gasteiger partial charge is 0.472 e. The number of carbonyl (C=O) groups is 1. The maximum atomic E-state index is 12.4. The molecule has 0 atom stereocenters. The van der Waals surface area contributed by atoms with Gasteiger partial charge in [-0.3, -0.25) is 14.8 Å². The minimum absolute atomic E-state index is 0.185. The van der Waals surface area contributed by atoms with Crippen molar-refractivity contribution in [3.05, 3.63) is 66.8 Å². The van der Waals surface area contributed by atoms with Crippen LogP contribution in [0.25, 0.3) is 22.3 Å². The fourth-order valence-corrected chi connectivity index (χ4v) is 2.48. The van der Waals surface area contributed by atoms with Gasteiger partial charge in [-0.25, -0.2) is 4.98 Å². The molecule has 3 aromatic heterocycles. The third-order valence-corrected chi connectivity index (χ3v) is 3.67. The summed E-state index contributed by atoms with van der Waals surface area (Å²) in [5, 5.41) is 2.87. The lowest BCUT2D eigenvalue weighted by Crippen LogP contribution is -2.23. The molecule has 0 bridgehead atoms. The van der Waals surface area contributed by atoms with Gasteiger partial charge in [-0.15, -0.1) is 0 Å². The normalized spacial score (nSPS) is 10.8. The molecule has 4 rings (SSSR count). The maximum Gasteiger partial charge on any atom is 0.251 e. The summed E-state index contributed by atoms with van der Waals surface area (Å²) in [5.41, 5.74) is 4.39. The number of imidazole rings is 1. The summed E-state index contributed by atoms with van der Waals surface area (Å²) in [4.78, 5) is 28.1. The van der Waals surface area contributed by atoms with Crippen molar-refractivity contribution in [2.75, 3.05) is 0 Å². The van der Waals surface area contributed by atoms with Crippen LogP contribution in [0.4, 0.5) is 0 Å². The van der Waals surface area contributed by atoms with E-state index in [1.165, 1.54) is 0 Å². The molecule has 7 heteroatoms. The lowest BCUT2D eigenvalue weighted by atomic mass is 10.1. The fourth-order valence-electron chi connectivity index (χ4n) is 2.48. The number of hydrogen-bond acceptors (Lipinski definition) is 5. The van der Waals surface area contributed by atoms with Gasteiger partial charge < -0.3 is 14.7 Å². The van der Waals surface area contributed by atoms with Crippen molar-refractivity contribution >= 4 is 16.9 Å². The van der Waals surface area contributed by atoms with Crippen molar-refractivity contribution < 1.29 is 9.21 Å². The number of nitrogens with zero attached hydrogens (tertiary/aromatic N) is 3. The van der Waals surface area contributed by atoms with Gasteiger partial charge in [0.2, 0.25) is 0 Å². The summed E-state index contributed by atoms with van der Waals surface area (Å²) in [7, 11) is 0. The highest BCUT2D eigenvalue weighted by atomic mass is 16.3. The van der Waals surface area contributed by atoms with E-state index in [1.54, 1.807) is 49.4 Å². The van der Waals surface area contributed by atoms with Crippen molar-refractivity contribution in [3.63, 3.8) is 0 Å². The van der Waals surface area contributed by atoms with Crippen LogP contribution in [-0.2, 0) is 6.54 Å². The highest BCUT2D eigenvalue weighted by molar-refractivity contribution is 5.97. The first-order valence-electron chi connectivity index (χ1n) is 7.35. The number of H-pyrrole nitrogens is 1. The SMILES string of the molecule is O=C(NCc1nccnc1-c1ccoc1)c1ccc2nc[nH]c2c1. The molecule has 0 radical (unpaired) electrons. The molecule has 7 nitrogen and oxygen atoms in total. The van der Waals surface area contributed by atoms with Gasteiger partial charge in [0.1, 0.15) is 0 Å². The number of nitrogens with one attached hydrogen (secondary N) is 2. The summed E-state index contributed by atoms with van der Waals surface area (Å²) in [5.74, 6) is -0.185. The number of carbonyl (C=O) groups excluding carboxylic acids is 1. The molecule has 24 heavy (non-hydrogen) atoms. The molecule has 4 aromatic rings. The molecule has 0 aliphatic carbocycles. The Morgan fingerprint density at radius 3 is 2.96 bits per heavy atom. The van der Waals surface area contributed by atoms with Gasteiger partial charge in [0.25, 0.3) is 5.91 Å². The predicted octanol–water partition coefficient (Wildman–Crippen LogP) is 2.54. The Morgan fingerprint density at radius 1 is 1.17 bits per heavy atom. The summed E-state index contributed by atoms with van der Waals surface area (Å²) < 4.78 is 5.09. The second-order valence-corrected chi connectivity index (χ2v) is 5.18. The minimum atomic E-state index is -0.185. The molecule has 0 aliphatic heterocycles. The van der Waals surface area contributed by atoms with Crippen LogP contribution in [0.3, 0.4) is 0 Å². The lowest BCUT2D eigenvalue weighted by molar-refractivity contribution is 0.0950. The summed E-state index contributed by atoms with van der Waals surface area (Å²) in [6.07, 6.45) is 7.98. The summed E-state index contributed by atoms with van der Waals surface area (Å²) >= 11 is 0. The molecular formula is C17H13N5O2. The molecule has 0 unspecified atom stereocenters. The van der Waals surface area contributed by atoms with Crippen molar-refractivity contribution in [2.24, 2.45) is 0 Å². The van der Waals surface area contributed by atoms with E-state index >= 15 is 0 Å². The maximum absolute atomic E-state index is 12.4. The molecule has 0 saturated heterocycles. The Balaban J connectivity index is 1.53. The van der Waals surface area contributed by atoms with E-state index in [-0.39, 0.29) is 12.5 Å². The highest BCUT2D eigenvalue weighted by Gasteiger charge is 2.12. The number of amides is 1. The average Bonchev–Trinajstić information content (AvgIpc) is 3.30. The highest BCUT2D eigenvalue weighted by Crippen LogP contribution is 2.20. The standard InChI is InChI=1S/C17H13N5O2/c23-17(11-1-2-13-14(7-11)22-10-21-13)20-8-15-16(19-5-4-18-15)12-3-6-24-9-12/h1-7,9-10H,8H2,(H,20,23)(H,21,22). The zero-order valence-corrected chi connectivity index (χ0v) is 12.6. The first-order valence-corrected chi connectivity index (χ1v) is 7.35. The second kappa shape index (κ2) is 5.96. The molecular weight excluding hydrogens is 306 g/mol. The third kappa shape index (κ3) is 2.63. The van der Waals surface area contributed by atoms with Gasteiger partial charge in [-0.05, 0) is 24.3 Å². The second-order valence-electron chi connectivity index (χ2n) is 5.18. The Kier molecular flexibility index (Phi) is 3.51. The van der Waals surface area contributed by atoms with Crippen LogP contribution in [0, 0.1) is 0 Å². The van der Waals surface area contributed by atoms with Gasteiger partial charge in [0.15, 0.2) is 0 Å². The number of furan rings is 1. The van der Waals surface area contributed by atoms with Gasteiger partial charge in [0.05, 0.1) is 47.8 Å². The lowest BCUT2D eigenvalue weighted by Gasteiger charge is -2.08. The molecule has 1 amide bonds. The third-order valence-electron chi connectivity index (χ3n) is 3.67. The first-order chi connectivity index (χ1) is 11.8. The van der Waals surface area contributed by atoms with Gasteiger partial charge in [0, 0.05) is 23.5 Å². The van der Waals surface area contributed by atoms with Crippen molar-refractivity contribution in [2.45, 2.75) is 6.54 Å². The Labute approximate surface area is 136 Å². The number of aromatic amines is 1. The molecule has 3 heterocycles. The smallest absolute Gasteiger partial charge is 0.251 e. The van der Waals surface area contributed by atoms with Crippen LogP contribution in [0.1, 0.15) is 16.1 Å². The monoisotopic (exact) mass is 319 g/mol. The summed E-state index contributed by atoms with van der Waals surface area (Å²) in [6, 6.07) is 7.12. The van der Waals surface area contributed by atoms with E-state index in [0.29, 0.717) is 17.0 Å². The number of aromatic nitrogens is 4. The first kappa shape index (κ1) is 14.1. The number of fused-ring (bicyclic) bond motifs is 1. The van der Waals surface area contributed by atoms with Crippen LogP contribution in [0.2, 0.25) is 0 Å². The number of benzene rings is 1. The predicted molar refractivity (Wildman–Crippen MR) is 87.0 cm³/mol. The minimum Gasteiger partial charge on any atom is -0.472 e. The van der Waals surface area contributed by atoms with E-state index in [1.807, 2.05) is 6.07 Å². The molecule has 0 spiro atoms. The Bertz CT molecular complexity index is 991. The van der Waals surface area contributed by atoms with E-state index < -0.39 is 0 Å². The van der Waals surface area contributed by atoms with Crippen molar-refractivity contribution in [1.82, 2.24) is 25.3 Å². The number of rotatable bonds is 4. The Morgan fingerprint density at radius 2 is 2.08 bits per heavy atom. The van der Waals surface area contributed by atoms with Crippen LogP contribution < -0.4 is 5.32 Å². The fraction of sp³-hybridized carbons (Fsp3) is 0.0588. The topological polar surface area (TPSA) is 96.7 Å². The quantitative estimate of drug-likeness (QED) is 0.602. The molecule has 118 valence electrons. The zero-order chi connectivity index (χ0) is 16.4. The van der Waals surface area contributed by atoms with E-state index in [2.05, 4.69) is 25.3 Å². The van der Waals surface area contributed by atoms with Crippen molar-refractivity contribution in [3.8, 4) is 11.3 Å². The molecule has 1 aromatic carbocycles. The van der Waals surface area contributed by atoms with Crippen LogP contribution >= 0.6 is 0 Å². The van der Waals surface area contributed by atoms with E-state index in [4.69, 9.17) is 4.42 Å². The molecule has 0 aliphatic rings. The van der Waals surface area contributed by atoms with Crippen LogP contribution in [0.15, 0.2) is 59.9 Å².